The average molecular weight is 340 g/mol. The molecule has 8 nitrogen and oxygen atoms in total. The van der Waals surface area contributed by atoms with Crippen molar-refractivity contribution in [2.24, 2.45) is 0 Å². The Bertz CT molecular complexity index is 790. The van der Waals surface area contributed by atoms with Crippen molar-refractivity contribution in [2.45, 2.75) is 25.0 Å². The first-order chi connectivity index (χ1) is 10.8. The Kier molecular flexibility index (Phi) is 5.22. The van der Waals surface area contributed by atoms with Gasteiger partial charge in [-0.3, -0.25) is 0 Å². The van der Waals surface area contributed by atoms with E-state index in [-0.39, 0.29) is 10.4 Å². The highest BCUT2D eigenvalue weighted by molar-refractivity contribution is 7.89. The van der Waals surface area contributed by atoms with Crippen LogP contribution in [0, 0.1) is 13.8 Å². The maximum absolute atomic E-state index is 12.5. The Morgan fingerprint density at radius 3 is 2.48 bits per heavy atom. The normalized spacial score (nSPS) is 13.1. The van der Waals surface area contributed by atoms with Crippen molar-refractivity contribution in [3.8, 4) is 0 Å². The lowest BCUT2D eigenvalue weighted by Gasteiger charge is -2.17. The first kappa shape index (κ1) is 17.6. The Balaban J connectivity index is 2.39. The number of nitrogens with one attached hydrogen (secondary N) is 1. The van der Waals surface area contributed by atoms with Gasteiger partial charge in [-0.05, 0) is 19.9 Å². The second-order valence-corrected chi connectivity index (χ2v) is 6.58. The average Bonchev–Trinajstić information content (AvgIpc) is 2.84. The molecule has 0 aliphatic heterocycles. The van der Waals surface area contributed by atoms with E-state index in [1.807, 2.05) is 0 Å². The molecule has 1 unspecified atom stereocenters. The predicted molar refractivity (Wildman–Crippen MR) is 82.3 cm³/mol. The molecule has 1 aromatic heterocycles. The van der Waals surface area contributed by atoms with Crippen molar-refractivity contribution in [3.63, 3.8) is 0 Å². The number of sulfonamides is 1. The van der Waals surface area contributed by atoms with Crippen molar-refractivity contribution in [3.05, 3.63) is 41.3 Å². The summed E-state index contributed by atoms with van der Waals surface area (Å²) in [4.78, 5) is -0.255. The van der Waals surface area contributed by atoms with E-state index in [1.165, 1.54) is 31.4 Å². The molecule has 10 heteroatoms. The van der Waals surface area contributed by atoms with Crippen LogP contribution in [0.5, 0.6) is 0 Å². The smallest absolute Gasteiger partial charge is 0.423 e. The molecule has 0 aliphatic carbocycles. The van der Waals surface area contributed by atoms with Gasteiger partial charge in [0.15, 0.2) is 6.23 Å². The molecule has 23 heavy (non-hydrogen) atoms. The zero-order valence-corrected chi connectivity index (χ0v) is 13.7. The monoisotopic (exact) mass is 340 g/mol. The van der Waals surface area contributed by atoms with Crippen LogP contribution < -0.4 is 10.2 Å². The molecule has 1 aromatic carbocycles. The standard InChI is InChI=1S/C13H17BN2O6S/c1-8-9(2)22-15-12(8)13(21-3)16-23(19,20)11-7-5-4-6-10(11)14(17)18/h4-7,13,16-18H,1-3H3. The summed E-state index contributed by atoms with van der Waals surface area (Å²) >= 11 is 0. The summed E-state index contributed by atoms with van der Waals surface area (Å²) in [5.74, 6) is 0.549. The molecule has 124 valence electrons. The topological polar surface area (TPSA) is 122 Å². The molecular weight excluding hydrogens is 323 g/mol. The van der Waals surface area contributed by atoms with Gasteiger partial charge < -0.3 is 19.3 Å². The Hall–Kier alpha value is -1.72. The summed E-state index contributed by atoms with van der Waals surface area (Å²) < 4.78 is 37.6. The van der Waals surface area contributed by atoms with Crippen molar-refractivity contribution < 1.29 is 27.7 Å². The summed E-state index contributed by atoms with van der Waals surface area (Å²) in [5.41, 5.74) is 0.827. The number of ether oxygens (including phenoxy) is 1. The van der Waals surface area contributed by atoms with Crippen LogP contribution in [0.4, 0.5) is 0 Å². The minimum absolute atomic E-state index is 0.136. The van der Waals surface area contributed by atoms with Gasteiger partial charge in [0.2, 0.25) is 10.0 Å². The van der Waals surface area contributed by atoms with Gasteiger partial charge in [0, 0.05) is 18.1 Å². The van der Waals surface area contributed by atoms with E-state index in [0.29, 0.717) is 17.0 Å². The van der Waals surface area contributed by atoms with Crippen LogP contribution in [0.25, 0.3) is 0 Å². The van der Waals surface area contributed by atoms with Gasteiger partial charge in [-0.2, -0.15) is 4.72 Å². The lowest BCUT2D eigenvalue weighted by Crippen LogP contribution is -2.39. The highest BCUT2D eigenvalue weighted by atomic mass is 32.2. The molecule has 2 rings (SSSR count). The van der Waals surface area contributed by atoms with Crippen molar-refractivity contribution in [1.82, 2.24) is 9.88 Å². The third-order valence-corrected chi connectivity index (χ3v) is 4.90. The number of aromatic nitrogens is 1. The zero-order chi connectivity index (χ0) is 17.2. The van der Waals surface area contributed by atoms with E-state index in [4.69, 9.17) is 9.26 Å². The van der Waals surface area contributed by atoms with Gasteiger partial charge in [0.25, 0.3) is 0 Å². The van der Waals surface area contributed by atoms with Crippen LogP contribution in [0.3, 0.4) is 0 Å². The number of aryl methyl sites for hydroxylation is 1. The molecule has 0 aliphatic rings. The van der Waals surface area contributed by atoms with E-state index < -0.39 is 23.4 Å². The molecule has 3 N–H and O–H groups in total. The molecule has 0 spiro atoms. The molecular formula is C13H17BN2O6S. The molecule has 1 heterocycles. The van der Waals surface area contributed by atoms with Crippen LogP contribution in [0.15, 0.2) is 33.7 Å². The minimum Gasteiger partial charge on any atom is -0.423 e. The lowest BCUT2D eigenvalue weighted by molar-refractivity contribution is 0.0870. The van der Waals surface area contributed by atoms with Gasteiger partial charge >= 0.3 is 7.12 Å². The van der Waals surface area contributed by atoms with E-state index in [2.05, 4.69) is 9.88 Å². The highest BCUT2D eigenvalue weighted by Gasteiger charge is 2.29. The summed E-state index contributed by atoms with van der Waals surface area (Å²) in [5, 5.41) is 22.5. The van der Waals surface area contributed by atoms with Crippen LogP contribution in [0.2, 0.25) is 0 Å². The second kappa shape index (κ2) is 6.81. The third kappa shape index (κ3) is 3.62. The number of hydrogen-bond acceptors (Lipinski definition) is 7. The van der Waals surface area contributed by atoms with Gasteiger partial charge in [-0.1, -0.05) is 23.4 Å². The van der Waals surface area contributed by atoms with E-state index in [1.54, 1.807) is 13.8 Å². The first-order valence-corrected chi connectivity index (χ1v) is 8.19. The van der Waals surface area contributed by atoms with Gasteiger partial charge in [0.1, 0.15) is 11.5 Å². The number of benzene rings is 1. The molecule has 1 atom stereocenters. The predicted octanol–water partition coefficient (Wildman–Crippen LogP) is -0.405. The largest absolute Gasteiger partial charge is 0.489 e. The highest BCUT2D eigenvalue weighted by Crippen LogP contribution is 2.21. The number of methoxy groups -OCH3 is 1. The van der Waals surface area contributed by atoms with Gasteiger partial charge in [-0.25, -0.2) is 8.42 Å². The molecule has 0 amide bonds. The summed E-state index contributed by atoms with van der Waals surface area (Å²) in [6.07, 6.45) is -1.07. The SMILES string of the molecule is COC(NS(=O)(=O)c1ccccc1B(O)O)c1noc(C)c1C. The summed E-state index contributed by atoms with van der Waals surface area (Å²) in [6.45, 7) is 3.43. The number of hydrogen-bond donors (Lipinski definition) is 3. The molecule has 0 saturated carbocycles. The molecule has 0 bridgehead atoms. The Morgan fingerprint density at radius 2 is 1.96 bits per heavy atom. The molecule has 0 fully saturated rings. The second-order valence-electron chi connectivity index (χ2n) is 4.90. The van der Waals surface area contributed by atoms with Crippen LogP contribution in [0.1, 0.15) is 23.2 Å². The fourth-order valence-corrected chi connectivity index (χ4v) is 3.40. The maximum atomic E-state index is 12.5. The van der Waals surface area contributed by atoms with Crippen molar-refractivity contribution in [1.29, 1.82) is 0 Å². The van der Waals surface area contributed by atoms with E-state index >= 15 is 0 Å². The Labute approximate surface area is 134 Å². The molecule has 0 saturated heterocycles. The summed E-state index contributed by atoms with van der Waals surface area (Å²) in [6, 6.07) is 5.57. The van der Waals surface area contributed by atoms with Gasteiger partial charge in [0.05, 0.1) is 4.90 Å². The summed E-state index contributed by atoms with van der Waals surface area (Å²) in [7, 11) is -4.67. The zero-order valence-electron chi connectivity index (χ0n) is 12.8. The fraction of sp³-hybridized carbons (Fsp3) is 0.308. The Morgan fingerprint density at radius 1 is 1.30 bits per heavy atom. The van der Waals surface area contributed by atoms with Crippen LogP contribution in [-0.4, -0.2) is 37.9 Å². The first-order valence-electron chi connectivity index (χ1n) is 6.71. The molecule has 0 radical (unpaired) electrons. The lowest BCUT2D eigenvalue weighted by atomic mass is 9.80. The third-order valence-electron chi connectivity index (χ3n) is 3.43. The van der Waals surface area contributed by atoms with Crippen molar-refractivity contribution >= 4 is 22.6 Å². The number of rotatable bonds is 6. The van der Waals surface area contributed by atoms with Crippen LogP contribution in [-0.2, 0) is 14.8 Å². The van der Waals surface area contributed by atoms with E-state index in [0.717, 1.165) is 0 Å². The fourth-order valence-electron chi connectivity index (χ4n) is 2.04. The van der Waals surface area contributed by atoms with E-state index in [9.17, 15) is 18.5 Å². The minimum atomic E-state index is -4.08. The quantitative estimate of drug-likeness (QED) is 0.483. The van der Waals surface area contributed by atoms with Crippen molar-refractivity contribution in [2.75, 3.05) is 7.11 Å². The molecule has 2 aromatic rings. The number of nitrogens with zero attached hydrogens (tertiary/aromatic N) is 1. The van der Waals surface area contributed by atoms with Crippen LogP contribution >= 0.6 is 0 Å². The van der Waals surface area contributed by atoms with Gasteiger partial charge in [-0.15, -0.1) is 0 Å². The maximum Gasteiger partial charge on any atom is 0.489 e.